The molecule has 0 N–H and O–H groups in total. The highest BCUT2D eigenvalue weighted by Gasteiger charge is 2.10. The van der Waals surface area contributed by atoms with Crippen LogP contribution in [-0.2, 0) is 23.1 Å². The molecule has 0 unspecified atom stereocenters. The lowest BCUT2D eigenvalue weighted by molar-refractivity contribution is -0.141. The molecule has 6 heteroatoms. The molecular weight excluding hydrogens is 222 g/mol. The minimum atomic E-state index is -0.397. The van der Waals surface area contributed by atoms with Crippen LogP contribution in [0.1, 0.15) is 5.69 Å². The number of carbonyl (C=O) groups excluding carboxylic acids is 1. The SMILES string of the molecule is COC(=O)Cn1cc2c(=O)n(C)c(C)cc2n1. The number of methoxy groups -OCH3 is 1. The van der Waals surface area contributed by atoms with Crippen LogP contribution >= 0.6 is 0 Å². The minimum Gasteiger partial charge on any atom is -0.468 e. The van der Waals surface area contributed by atoms with Crippen LogP contribution < -0.4 is 5.56 Å². The molecule has 0 aliphatic carbocycles. The summed E-state index contributed by atoms with van der Waals surface area (Å²) < 4.78 is 7.51. The molecule has 90 valence electrons. The van der Waals surface area contributed by atoms with E-state index in [1.807, 2.05) is 13.0 Å². The molecule has 2 heterocycles. The summed E-state index contributed by atoms with van der Waals surface area (Å²) in [5, 5.41) is 4.67. The van der Waals surface area contributed by atoms with Crippen molar-refractivity contribution in [1.82, 2.24) is 14.3 Å². The Morgan fingerprint density at radius 1 is 1.53 bits per heavy atom. The molecular formula is C11H13N3O3. The summed E-state index contributed by atoms with van der Waals surface area (Å²) in [7, 11) is 3.02. The van der Waals surface area contributed by atoms with Crippen LogP contribution in [0.5, 0.6) is 0 Å². The van der Waals surface area contributed by atoms with E-state index in [2.05, 4.69) is 9.84 Å². The van der Waals surface area contributed by atoms with Crippen molar-refractivity contribution in [3.63, 3.8) is 0 Å². The van der Waals surface area contributed by atoms with Crippen LogP contribution in [0, 0.1) is 6.92 Å². The van der Waals surface area contributed by atoms with Gasteiger partial charge in [0.05, 0.1) is 18.0 Å². The van der Waals surface area contributed by atoms with Crippen molar-refractivity contribution >= 4 is 16.9 Å². The molecule has 2 rings (SSSR count). The third-order valence-corrected chi connectivity index (χ3v) is 2.72. The fourth-order valence-electron chi connectivity index (χ4n) is 1.62. The van der Waals surface area contributed by atoms with E-state index in [1.165, 1.54) is 11.8 Å². The van der Waals surface area contributed by atoms with Gasteiger partial charge in [-0.3, -0.25) is 14.3 Å². The van der Waals surface area contributed by atoms with Crippen molar-refractivity contribution in [2.24, 2.45) is 7.05 Å². The number of aromatic nitrogens is 3. The summed E-state index contributed by atoms with van der Waals surface area (Å²) >= 11 is 0. The number of fused-ring (bicyclic) bond motifs is 1. The lowest BCUT2D eigenvalue weighted by atomic mass is 10.3. The molecule has 0 aliphatic heterocycles. The summed E-state index contributed by atoms with van der Waals surface area (Å²) in [6, 6.07) is 1.81. The van der Waals surface area contributed by atoms with Crippen molar-refractivity contribution in [3.8, 4) is 0 Å². The predicted octanol–water partition coefficient (Wildman–Crippen LogP) is 0.216. The smallest absolute Gasteiger partial charge is 0.327 e. The van der Waals surface area contributed by atoms with E-state index in [-0.39, 0.29) is 12.1 Å². The predicted molar refractivity (Wildman–Crippen MR) is 61.7 cm³/mol. The molecule has 0 amide bonds. The van der Waals surface area contributed by atoms with Crippen LogP contribution in [0.3, 0.4) is 0 Å². The Kier molecular flexibility index (Phi) is 2.71. The quantitative estimate of drug-likeness (QED) is 0.698. The Hall–Kier alpha value is -2.11. The second-order valence-electron chi connectivity index (χ2n) is 3.85. The maximum atomic E-state index is 11.9. The number of pyridine rings is 1. The first-order chi connectivity index (χ1) is 8.02. The lowest BCUT2D eigenvalue weighted by Gasteiger charge is -2.00. The number of carbonyl (C=O) groups is 1. The average molecular weight is 235 g/mol. The van der Waals surface area contributed by atoms with E-state index in [1.54, 1.807) is 17.8 Å². The van der Waals surface area contributed by atoms with Crippen LogP contribution in [0.25, 0.3) is 10.9 Å². The first-order valence-corrected chi connectivity index (χ1v) is 5.13. The van der Waals surface area contributed by atoms with Crippen LogP contribution in [-0.4, -0.2) is 27.4 Å². The van der Waals surface area contributed by atoms with Gasteiger partial charge < -0.3 is 9.30 Å². The fraction of sp³-hybridized carbons (Fsp3) is 0.364. The monoisotopic (exact) mass is 235 g/mol. The summed E-state index contributed by atoms with van der Waals surface area (Å²) in [6.45, 7) is 1.84. The van der Waals surface area contributed by atoms with E-state index >= 15 is 0 Å². The number of hydrogen-bond acceptors (Lipinski definition) is 4. The highest BCUT2D eigenvalue weighted by molar-refractivity contribution is 5.78. The maximum Gasteiger partial charge on any atom is 0.327 e. The van der Waals surface area contributed by atoms with Gasteiger partial charge in [-0.25, -0.2) is 0 Å². The zero-order chi connectivity index (χ0) is 12.6. The number of aryl methyl sites for hydroxylation is 1. The Morgan fingerprint density at radius 3 is 2.88 bits per heavy atom. The number of hydrogen-bond donors (Lipinski definition) is 0. The fourth-order valence-corrected chi connectivity index (χ4v) is 1.62. The van der Waals surface area contributed by atoms with Gasteiger partial charge >= 0.3 is 5.97 Å². The number of ether oxygens (including phenoxy) is 1. The van der Waals surface area contributed by atoms with Gasteiger partial charge in [-0.1, -0.05) is 0 Å². The van der Waals surface area contributed by atoms with Gasteiger partial charge in [0.2, 0.25) is 0 Å². The Bertz CT molecular complexity index is 639. The molecule has 17 heavy (non-hydrogen) atoms. The third-order valence-electron chi connectivity index (χ3n) is 2.72. The van der Waals surface area contributed by atoms with E-state index < -0.39 is 5.97 Å². The minimum absolute atomic E-state index is 0.00732. The van der Waals surface area contributed by atoms with Gasteiger partial charge in [0, 0.05) is 18.9 Å². The molecule has 0 aromatic carbocycles. The van der Waals surface area contributed by atoms with Gasteiger partial charge in [0.25, 0.3) is 5.56 Å². The van der Waals surface area contributed by atoms with E-state index in [9.17, 15) is 9.59 Å². The van der Waals surface area contributed by atoms with Crippen LogP contribution in [0.4, 0.5) is 0 Å². The van der Waals surface area contributed by atoms with E-state index in [0.717, 1.165) is 5.69 Å². The molecule has 0 bridgehead atoms. The average Bonchev–Trinajstić information content (AvgIpc) is 2.68. The van der Waals surface area contributed by atoms with Gasteiger partial charge in [-0.05, 0) is 13.0 Å². The standard InChI is InChI=1S/C11H13N3O3/c1-7-4-9-8(11(16)13(7)2)5-14(12-9)6-10(15)17-3/h4-5H,6H2,1-3H3. The summed E-state index contributed by atoms with van der Waals surface area (Å²) in [5.41, 5.74) is 1.30. The van der Waals surface area contributed by atoms with E-state index in [4.69, 9.17) is 0 Å². The van der Waals surface area contributed by atoms with Crippen LogP contribution in [0.2, 0.25) is 0 Å². The Labute approximate surface area is 97.4 Å². The first-order valence-electron chi connectivity index (χ1n) is 5.13. The molecule has 2 aromatic rings. The second kappa shape index (κ2) is 4.04. The highest BCUT2D eigenvalue weighted by atomic mass is 16.5. The summed E-state index contributed by atoms with van der Waals surface area (Å²) in [4.78, 5) is 23.0. The molecule has 0 radical (unpaired) electrons. The topological polar surface area (TPSA) is 66.1 Å². The molecule has 0 fully saturated rings. The van der Waals surface area contributed by atoms with Crippen LogP contribution in [0.15, 0.2) is 17.1 Å². The summed E-state index contributed by atoms with van der Waals surface area (Å²) in [5.74, 6) is -0.397. The van der Waals surface area contributed by atoms with Crippen molar-refractivity contribution in [2.45, 2.75) is 13.5 Å². The zero-order valence-electron chi connectivity index (χ0n) is 9.93. The van der Waals surface area contributed by atoms with E-state index in [0.29, 0.717) is 10.9 Å². The maximum absolute atomic E-state index is 11.9. The summed E-state index contributed by atoms with van der Waals surface area (Å²) in [6.07, 6.45) is 1.56. The Morgan fingerprint density at radius 2 is 2.24 bits per heavy atom. The number of nitrogens with zero attached hydrogens (tertiary/aromatic N) is 3. The normalized spacial score (nSPS) is 10.8. The van der Waals surface area contributed by atoms with Crippen molar-refractivity contribution in [1.29, 1.82) is 0 Å². The molecule has 0 aliphatic rings. The largest absolute Gasteiger partial charge is 0.468 e. The third kappa shape index (κ3) is 1.93. The lowest BCUT2D eigenvalue weighted by Crippen LogP contribution is -2.18. The molecule has 0 spiro atoms. The first kappa shape index (κ1) is 11.4. The van der Waals surface area contributed by atoms with Gasteiger partial charge in [-0.2, -0.15) is 5.10 Å². The van der Waals surface area contributed by atoms with Gasteiger partial charge in [-0.15, -0.1) is 0 Å². The number of esters is 1. The Balaban J connectivity index is 2.55. The molecule has 6 nitrogen and oxygen atoms in total. The molecule has 0 atom stereocenters. The van der Waals surface area contributed by atoms with Crippen molar-refractivity contribution < 1.29 is 9.53 Å². The highest BCUT2D eigenvalue weighted by Crippen LogP contribution is 2.09. The van der Waals surface area contributed by atoms with Crippen molar-refractivity contribution in [2.75, 3.05) is 7.11 Å². The zero-order valence-corrected chi connectivity index (χ0v) is 9.93. The van der Waals surface area contributed by atoms with Crippen molar-refractivity contribution in [3.05, 3.63) is 28.3 Å². The second-order valence-corrected chi connectivity index (χ2v) is 3.85. The van der Waals surface area contributed by atoms with Gasteiger partial charge in [0.1, 0.15) is 6.54 Å². The molecule has 2 aromatic heterocycles. The number of rotatable bonds is 2. The molecule has 0 saturated heterocycles. The molecule has 0 saturated carbocycles. The van der Waals surface area contributed by atoms with Gasteiger partial charge in [0.15, 0.2) is 0 Å².